The standard InChI is InChI=1S/C12H14O/c1-9-10-6-4-5-7-11(10)13-8-12(9,2)3/h5,7,9H,8H2,1-3H3. The van der Waals surface area contributed by atoms with Gasteiger partial charge in [-0.2, -0.15) is 0 Å². The summed E-state index contributed by atoms with van der Waals surface area (Å²) >= 11 is 0. The summed E-state index contributed by atoms with van der Waals surface area (Å²) < 4.78 is 5.66. The predicted octanol–water partition coefficient (Wildman–Crippen LogP) is 2.81. The molecule has 0 aliphatic carbocycles. The maximum Gasteiger partial charge on any atom is 0.131 e. The van der Waals surface area contributed by atoms with Crippen molar-refractivity contribution < 1.29 is 4.74 Å². The molecule has 1 aliphatic heterocycles. The second-order valence-corrected chi connectivity index (χ2v) is 4.38. The number of fused-ring (bicyclic) bond motifs is 1. The predicted molar refractivity (Wildman–Crippen MR) is 51.8 cm³/mol. The lowest BCUT2D eigenvalue weighted by molar-refractivity contribution is 0.127. The van der Waals surface area contributed by atoms with Crippen molar-refractivity contribution in [2.24, 2.45) is 5.41 Å². The molecule has 0 fully saturated rings. The first kappa shape index (κ1) is 8.44. The fourth-order valence-electron chi connectivity index (χ4n) is 1.62. The average molecular weight is 174 g/mol. The molecule has 0 aromatic heterocycles. The van der Waals surface area contributed by atoms with Crippen LogP contribution in [0.3, 0.4) is 0 Å². The zero-order chi connectivity index (χ0) is 9.47. The van der Waals surface area contributed by atoms with E-state index < -0.39 is 0 Å². The van der Waals surface area contributed by atoms with Gasteiger partial charge in [0.05, 0.1) is 6.61 Å². The second-order valence-electron chi connectivity index (χ2n) is 4.38. The van der Waals surface area contributed by atoms with Crippen LogP contribution < -0.4 is 4.74 Å². The molecule has 2 rings (SSSR count). The first-order valence-corrected chi connectivity index (χ1v) is 4.66. The van der Waals surface area contributed by atoms with Crippen LogP contribution in [0, 0.1) is 17.5 Å². The quantitative estimate of drug-likeness (QED) is 0.587. The first-order chi connectivity index (χ1) is 6.11. The molecule has 1 atom stereocenters. The molecule has 0 bridgehead atoms. The second kappa shape index (κ2) is 2.67. The number of ether oxygens (including phenoxy) is 1. The topological polar surface area (TPSA) is 9.23 Å². The normalized spacial score (nSPS) is 24.1. The highest BCUT2D eigenvalue weighted by atomic mass is 16.5. The summed E-state index contributed by atoms with van der Waals surface area (Å²) in [4.78, 5) is 0. The van der Waals surface area contributed by atoms with Crippen molar-refractivity contribution in [3.8, 4) is 5.75 Å². The van der Waals surface area contributed by atoms with E-state index in [4.69, 9.17) is 4.74 Å². The molecule has 1 heterocycles. The summed E-state index contributed by atoms with van der Waals surface area (Å²) in [5.41, 5.74) is 1.37. The van der Waals surface area contributed by atoms with Gasteiger partial charge in [-0.15, -0.1) is 0 Å². The molecular formula is C12H14O. The van der Waals surface area contributed by atoms with Gasteiger partial charge < -0.3 is 4.74 Å². The molecule has 13 heavy (non-hydrogen) atoms. The van der Waals surface area contributed by atoms with Crippen molar-refractivity contribution in [3.05, 3.63) is 29.8 Å². The molecule has 1 aromatic rings. The number of hydrogen-bond donors (Lipinski definition) is 0. The summed E-state index contributed by atoms with van der Waals surface area (Å²) in [7, 11) is 0. The smallest absolute Gasteiger partial charge is 0.131 e. The number of hydrogen-bond acceptors (Lipinski definition) is 1. The van der Waals surface area contributed by atoms with Crippen LogP contribution in [0.5, 0.6) is 5.75 Å². The van der Waals surface area contributed by atoms with E-state index in [2.05, 4.69) is 32.9 Å². The van der Waals surface area contributed by atoms with Gasteiger partial charge >= 0.3 is 0 Å². The molecule has 1 heteroatoms. The molecule has 1 aromatic carbocycles. The Morgan fingerprint density at radius 3 is 3.08 bits per heavy atom. The van der Waals surface area contributed by atoms with E-state index in [0.29, 0.717) is 5.92 Å². The van der Waals surface area contributed by atoms with E-state index in [1.807, 2.05) is 12.1 Å². The summed E-state index contributed by atoms with van der Waals surface area (Å²) in [5.74, 6) is 1.47. The van der Waals surface area contributed by atoms with Gasteiger partial charge in [0.2, 0.25) is 0 Å². The Morgan fingerprint density at radius 2 is 2.31 bits per heavy atom. The van der Waals surface area contributed by atoms with Crippen LogP contribution in [-0.4, -0.2) is 6.61 Å². The fraction of sp³-hybridized carbons (Fsp3) is 0.500. The van der Waals surface area contributed by atoms with Crippen molar-refractivity contribution in [2.75, 3.05) is 6.61 Å². The van der Waals surface area contributed by atoms with E-state index in [1.165, 1.54) is 5.56 Å². The maximum atomic E-state index is 5.66. The van der Waals surface area contributed by atoms with Crippen LogP contribution in [-0.2, 0) is 0 Å². The van der Waals surface area contributed by atoms with E-state index in [0.717, 1.165) is 12.4 Å². The van der Waals surface area contributed by atoms with Gasteiger partial charge in [0.1, 0.15) is 5.75 Å². The fourth-order valence-corrected chi connectivity index (χ4v) is 1.62. The zero-order valence-corrected chi connectivity index (χ0v) is 8.35. The van der Waals surface area contributed by atoms with Crippen molar-refractivity contribution in [3.63, 3.8) is 0 Å². The molecule has 0 N–H and O–H groups in total. The minimum atomic E-state index is 0.207. The molecule has 68 valence electrons. The molecule has 0 radical (unpaired) electrons. The Labute approximate surface area is 79.7 Å². The highest BCUT2D eigenvalue weighted by molar-refractivity contribution is 5.35. The molecule has 0 saturated heterocycles. The number of rotatable bonds is 0. The minimum Gasteiger partial charge on any atom is -0.492 e. The highest BCUT2D eigenvalue weighted by Gasteiger charge is 2.34. The van der Waals surface area contributed by atoms with Crippen molar-refractivity contribution >= 4 is 0 Å². The molecule has 0 saturated carbocycles. The van der Waals surface area contributed by atoms with Gasteiger partial charge in [0.15, 0.2) is 0 Å². The average Bonchev–Trinajstić information content (AvgIpc) is 2.13. The van der Waals surface area contributed by atoms with Gasteiger partial charge in [-0.25, -0.2) is 0 Å². The Balaban J connectivity index is 2.45. The Kier molecular flexibility index (Phi) is 1.73. The lowest BCUT2D eigenvalue weighted by Gasteiger charge is -2.36. The molecular weight excluding hydrogens is 160 g/mol. The van der Waals surface area contributed by atoms with Crippen LogP contribution in [0.15, 0.2) is 12.1 Å². The van der Waals surface area contributed by atoms with Crippen LogP contribution >= 0.6 is 0 Å². The van der Waals surface area contributed by atoms with Crippen LogP contribution in [0.4, 0.5) is 0 Å². The largest absolute Gasteiger partial charge is 0.492 e. The van der Waals surface area contributed by atoms with Gasteiger partial charge in [-0.1, -0.05) is 32.9 Å². The van der Waals surface area contributed by atoms with Crippen molar-refractivity contribution in [1.29, 1.82) is 0 Å². The van der Waals surface area contributed by atoms with Crippen LogP contribution in [0.25, 0.3) is 0 Å². The monoisotopic (exact) mass is 174 g/mol. The minimum absolute atomic E-state index is 0.207. The van der Waals surface area contributed by atoms with Gasteiger partial charge in [0, 0.05) is 16.9 Å². The van der Waals surface area contributed by atoms with E-state index >= 15 is 0 Å². The van der Waals surface area contributed by atoms with Crippen LogP contribution in [0.1, 0.15) is 32.3 Å². The first-order valence-electron chi connectivity index (χ1n) is 4.66. The highest BCUT2D eigenvalue weighted by Crippen LogP contribution is 2.42. The molecule has 0 amide bonds. The Morgan fingerprint density at radius 1 is 1.54 bits per heavy atom. The maximum absolute atomic E-state index is 5.66. The summed E-state index contributed by atoms with van der Waals surface area (Å²) in [6.07, 6.45) is 0. The van der Waals surface area contributed by atoms with Gasteiger partial charge in [0.25, 0.3) is 0 Å². The van der Waals surface area contributed by atoms with Gasteiger partial charge in [-0.05, 0) is 12.1 Å². The molecule has 0 spiro atoms. The zero-order valence-electron chi connectivity index (χ0n) is 8.35. The molecule has 1 nitrogen and oxygen atoms in total. The van der Waals surface area contributed by atoms with Crippen molar-refractivity contribution in [2.45, 2.75) is 26.7 Å². The summed E-state index contributed by atoms with van der Waals surface area (Å²) in [5, 5.41) is 0. The molecule has 1 aliphatic rings. The van der Waals surface area contributed by atoms with Crippen LogP contribution in [0.2, 0.25) is 0 Å². The molecule has 1 unspecified atom stereocenters. The Bertz CT molecular complexity index is 315. The third-order valence-electron chi connectivity index (χ3n) is 3.00. The van der Waals surface area contributed by atoms with E-state index in [9.17, 15) is 0 Å². The lowest BCUT2D eigenvalue weighted by Crippen LogP contribution is -2.31. The van der Waals surface area contributed by atoms with Crippen molar-refractivity contribution in [1.82, 2.24) is 0 Å². The van der Waals surface area contributed by atoms with Gasteiger partial charge in [-0.3, -0.25) is 0 Å². The SMILES string of the molecule is CC1c2c#cccc2OCC1(C)C. The summed E-state index contributed by atoms with van der Waals surface area (Å²) in [6.45, 7) is 7.47. The summed E-state index contributed by atoms with van der Waals surface area (Å²) in [6, 6.07) is 9.95. The van der Waals surface area contributed by atoms with E-state index in [-0.39, 0.29) is 5.41 Å². The van der Waals surface area contributed by atoms with E-state index in [1.54, 1.807) is 0 Å². The lowest BCUT2D eigenvalue weighted by atomic mass is 9.75. The third kappa shape index (κ3) is 1.27. The third-order valence-corrected chi connectivity index (χ3v) is 3.00. The Hall–Kier alpha value is -1.16.